The van der Waals surface area contributed by atoms with Crippen molar-refractivity contribution in [2.45, 2.75) is 127 Å². The number of methoxy groups -OCH3 is 1. The maximum atomic E-state index is 12.6. The average molecular weight is 625 g/mol. The number of aliphatic hydroxyl groups excluding tert-OH is 6. The van der Waals surface area contributed by atoms with Crippen molar-refractivity contribution in [3.05, 3.63) is 23.8 Å². The van der Waals surface area contributed by atoms with Crippen LogP contribution < -0.4 is 0 Å². The molecule has 5 rings (SSSR count). The normalized spacial score (nSPS) is 50.2. The number of rotatable bonds is 9. The highest BCUT2D eigenvalue weighted by Gasteiger charge is 2.72. The number of hydrogen-bond acceptors (Lipinski definition) is 10. The van der Waals surface area contributed by atoms with Gasteiger partial charge in [-0.15, -0.1) is 0 Å². The minimum absolute atomic E-state index is 0.00378. The summed E-state index contributed by atoms with van der Waals surface area (Å²) in [6.07, 6.45) is -1.27. The predicted octanol–water partition coefficient (Wildman–Crippen LogP) is 1.67. The first-order chi connectivity index (χ1) is 20.6. The highest BCUT2D eigenvalue weighted by atomic mass is 16.7. The Bertz CT molecular complexity index is 1080. The van der Waals surface area contributed by atoms with Crippen LogP contribution in [0.5, 0.6) is 0 Å². The Balaban J connectivity index is 1.37. The zero-order chi connectivity index (χ0) is 32.4. The molecular formula is C34H56O10. The summed E-state index contributed by atoms with van der Waals surface area (Å²) < 4.78 is 17.2. The van der Waals surface area contributed by atoms with Crippen molar-refractivity contribution in [3.63, 3.8) is 0 Å². The number of fused-ring (bicyclic) bond motifs is 5. The van der Waals surface area contributed by atoms with E-state index in [1.807, 2.05) is 13.0 Å². The van der Waals surface area contributed by atoms with Crippen molar-refractivity contribution in [3.8, 4) is 0 Å². The highest BCUT2D eigenvalue weighted by Crippen LogP contribution is 2.69. The van der Waals surface area contributed by atoms with Crippen molar-refractivity contribution in [2.75, 3.05) is 20.3 Å². The summed E-state index contributed by atoms with van der Waals surface area (Å²) in [6, 6.07) is 0. The second kappa shape index (κ2) is 12.6. The molecule has 1 heterocycles. The summed E-state index contributed by atoms with van der Waals surface area (Å²) in [5.41, 5.74) is -0.648. The first-order valence-corrected chi connectivity index (χ1v) is 16.6. The van der Waals surface area contributed by atoms with E-state index >= 15 is 0 Å². The third kappa shape index (κ3) is 5.45. The summed E-state index contributed by atoms with van der Waals surface area (Å²) in [7, 11) is 1.43. The second-order valence-corrected chi connectivity index (χ2v) is 15.3. The lowest BCUT2D eigenvalue weighted by molar-refractivity contribution is -0.285. The van der Waals surface area contributed by atoms with Crippen LogP contribution in [0, 0.1) is 40.4 Å². The van der Waals surface area contributed by atoms with E-state index < -0.39 is 71.4 Å². The third-order valence-electron chi connectivity index (χ3n) is 12.8. The van der Waals surface area contributed by atoms with Crippen LogP contribution in [0.15, 0.2) is 23.8 Å². The molecule has 0 bridgehead atoms. The monoisotopic (exact) mass is 624 g/mol. The molecule has 4 fully saturated rings. The van der Waals surface area contributed by atoms with Gasteiger partial charge in [-0.1, -0.05) is 45.9 Å². The summed E-state index contributed by atoms with van der Waals surface area (Å²) in [5, 5.41) is 77.3. The van der Waals surface area contributed by atoms with Crippen LogP contribution in [0.3, 0.4) is 0 Å². The first-order valence-electron chi connectivity index (χ1n) is 16.6. The molecule has 0 amide bonds. The van der Waals surface area contributed by atoms with Gasteiger partial charge in [-0.05, 0) is 78.6 Å². The maximum Gasteiger partial charge on any atom is 0.187 e. The Morgan fingerprint density at radius 1 is 1.07 bits per heavy atom. The SMILES string of the molecule is C=C(CC[C@@H](C)[C@H]1[C@@H](O)C(O)C2[C@]3(O)C[C@@H](O)C4=C[C@@H](O[C@@H]5OC[C@@H](O)[C@H](O)[C@H]5OC)CC[C@]4(C)C3CC[C@@]21C)C(C)CO. The zero-order valence-electron chi connectivity index (χ0n) is 27.0. The molecule has 1 saturated heterocycles. The molecular weight excluding hydrogens is 568 g/mol. The molecule has 5 aliphatic rings. The van der Waals surface area contributed by atoms with Gasteiger partial charge >= 0.3 is 0 Å². The average Bonchev–Trinajstić information content (AvgIpc) is 3.18. The van der Waals surface area contributed by atoms with Gasteiger partial charge in [0.2, 0.25) is 0 Å². The third-order valence-corrected chi connectivity index (χ3v) is 12.8. The Labute approximate surface area is 261 Å². The van der Waals surface area contributed by atoms with Gasteiger partial charge in [-0.2, -0.15) is 0 Å². The molecule has 0 spiro atoms. The van der Waals surface area contributed by atoms with Crippen molar-refractivity contribution in [2.24, 2.45) is 40.4 Å². The predicted molar refractivity (Wildman–Crippen MR) is 162 cm³/mol. The summed E-state index contributed by atoms with van der Waals surface area (Å²) in [5.74, 6) is -0.983. The van der Waals surface area contributed by atoms with Gasteiger partial charge in [0.1, 0.15) is 18.3 Å². The molecule has 10 nitrogen and oxygen atoms in total. The lowest BCUT2D eigenvalue weighted by Gasteiger charge is -2.64. The molecule has 16 atom stereocenters. The van der Waals surface area contributed by atoms with Gasteiger partial charge < -0.3 is 50.0 Å². The standard InChI is InChI=1S/C34H56O10/c1-17(19(3)15-35)7-8-18(2)25-27(39)28(40)30-33(25,5)12-10-24-32(4)11-9-20(13-21(32)22(36)14-34(24,30)41)44-31-29(42-6)26(38)23(37)16-43-31/h13,18-20,22-31,35-41H,1,7-12,14-16H2,2-6H3/t18-,19?,20+,22-,23-,24?,25+,26+,27-,28?,29-,30?,31+,32+,33-,34+/m1/s1. The highest BCUT2D eigenvalue weighted by molar-refractivity contribution is 5.33. The van der Waals surface area contributed by atoms with Gasteiger partial charge in [0.05, 0.1) is 36.6 Å². The fourth-order valence-electron chi connectivity index (χ4n) is 10.4. The smallest absolute Gasteiger partial charge is 0.187 e. The molecule has 0 aromatic heterocycles. The maximum absolute atomic E-state index is 12.6. The molecule has 7 N–H and O–H groups in total. The minimum Gasteiger partial charge on any atom is -0.396 e. The van der Waals surface area contributed by atoms with E-state index in [4.69, 9.17) is 14.2 Å². The molecule has 0 radical (unpaired) electrons. The van der Waals surface area contributed by atoms with E-state index in [-0.39, 0.29) is 43.3 Å². The molecule has 10 heteroatoms. The minimum atomic E-state index is -1.37. The Morgan fingerprint density at radius 3 is 2.43 bits per heavy atom. The van der Waals surface area contributed by atoms with Crippen LogP contribution in [0.1, 0.15) is 72.6 Å². The second-order valence-electron chi connectivity index (χ2n) is 15.3. The zero-order valence-corrected chi connectivity index (χ0v) is 27.0. The van der Waals surface area contributed by atoms with E-state index in [0.717, 1.165) is 30.4 Å². The summed E-state index contributed by atoms with van der Waals surface area (Å²) in [6.45, 7) is 12.4. The van der Waals surface area contributed by atoms with Gasteiger partial charge in [0.25, 0.3) is 0 Å². The van der Waals surface area contributed by atoms with Crippen LogP contribution in [0.4, 0.5) is 0 Å². The summed E-state index contributed by atoms with van der Waals surface area (Å²) >= 11 is 0. The fourth-order valence-corrected chi connectivity index (χ4v) is 10.4. The van der Waals surface area contributed by atoms with E-state index in [2.05, 4.69) is 27.4 Å². The van der Waals surface area contributed by atoms with Gasteiger partial charge in [-0.25, -0.2) is 0 Å². The fraction of sp³-hybridized carbons (Fsp3) is 0.882. The van der Waals surface area contributed by atoms with E-state index in [9.17, 15) is 35.7 Å². The lowest BCUT2D eigenvalue weighted by atomic mass is 9.43. The molecule has 3 saturated carbocycles. The largest absolute Gasteiger partial charge is 0.396 e. The molecule has 0 aromatic carbocycles. The van der Waals surface area contributed by atoms with Crippen LogP contribution in [0.2, 0.25) is 0 Å². The Hall–Kier alpha value is -0.920. The van der Waals surface area contributed by atoms with Crippen LogP contribution in [-0.4, -0.2) is 111 Å². The Kier molecular flexibility index (Phi) is 9.85. The van der Waals surface area contributed by atoms with Crippen molar-refractivity contribution >= 4 is 0 Å². The van der Waals surface area contributed by atoms with Crippen molar-refractivity contribution in [1.29, 1.82) is 0 Å². The number of ether oxygens (including phenoxy) is 3. The van der Waals surface area contributed by atoms with E-state index in [1.54, 1.807) is 0 Å². The summed E-state index contributed by atoms with van der Waals surface area (Å²) in [4.78, 5) is 0. The van der Waals surface area contributed by atoms with Gasteiger partial charge in [0, 0.05) is 26.1 Å². The molecule has 0 aromatic rings. The van der Waals surface area contributed by atoms with Crippen LogP contribution in [0.25, 0.3) is 0 Å². The topological polar surface area (TPSA) is 169 Å². The van der Waals surface area contributed by atoms with E-state index in [1.165, 1.54) is 7.11 Å². The molecule has 252 valence electrons. The van der Waals surface area contributed by atoms with Crippen molar-refractivity contribution in [1.82, 2.24) is 0 Å². The van der Waals surface area contributed by atoms with Crippen LogP contribution >= 0.6 is 0 Å². The van der Waals surface area contributed by atoms with Crippen LogP contribution in [-0.2, 0) is 14.2 Å². The van der Waals surface area contributed by atoms with Gasteiger partial charge in [0.15, 0.2) is 6.29 Å². The lowest BCUT2D eigenvalue weighted by Crippen LogP contribution is -2.66. The first kappa shape index (κ1) is 34.4. The molecule has 4 unspecified atom stereocenters. The van der Waals surface area contributed by atoms with E-state index in [0.29, 0.717) is 19.3 Å². The van der Waals surface area contributed by atoms with Crippen molar-refractivity contribution < 1.29 is 50.0 Å². The quantitative estimate of drug-likeness (QED) is 0.187. The molecule has 1 aliphatic heterocycles. The molecule has 4 aliphatic carbocycles. The number of aliphatic hydroxyl groups is 7. The van der Waals surface area contributed by atoms with Gasteiger partial charge in [-0.3, -0.25) is 0 Å². The number of hydrogen-bond donors (Lipinski definition) is 7. The Morgan fingerprint density at radius 2 is 1.77 bits per heavy atom. The molecule has 44 heavy (non-hydrogen) atoms.